The van der Waals surface area contributed by atoms with E-state index in [0.29, 0.717) is 12.5 Å². The Bertz CT molecular complexity index is 446. The smallest absolute Gasteiger partial charge is 0.227 e. The molecule has 0 radical (unpaired) electrons. The molecule has 0 bridgehead atoms. The zero-order chi connectivity index (χ0) is 13.0. The Labute approximate surface area is 109 Å². The Morgan fingerprint density at radius 2 is 2.17 bits per heavy atom. The minimum absolute atomic E-state index is 0.146. The molecule has 1 amide bonds. The van der Waals surface area contributed by atoms with E-state index in [-0.39, 0.29) is 11.8 Å². The molecule has 1 aliphatic rings. The van der Waals surface area contributed by atoms with Gasteiger partial charge in [0, 0.05) is 12.5 Å². The van der Waals surface area contributed by atoms with Crippen LogP contribution >= 0.6 is 0 Å². The summed E-state index contributed by atoms with van der Waals surface area (Å²) in [5.41, 5.74) is 1.27. The molecule has 1 aromatic carbocycles. The molecule has 94 valence electrons. The number of carbonyl (C=O) groups excluding carboxylic acids is 1. The molecular weight excluding hydrogens is 222 g/mol. The molecular formula is C16H19NO. The average molecular weight is 241 g/mol. The maximum atomic E-state index is 12.3. The average Bonchev–Trinajstić information content (AvgIpc) is 3.19. The third kappa shape index (κ3) is 2.73. The summed E-state index contributed by atoms with van der Waals surface area (Å²) in [4.78, 5) is 14.1. The zero-order valence-electron chi connectivity index (χ0n) is 10.8. The number of hydrogen-bond donors (Lipinski definition) is 0. The monoisotopic (exact) mass is 241 g/mol. The van der Waals surface area contributed by atoms with E-state index in [2.05, 4.69) is 25.0 Å². The molecule has 0 heterocycles. The lowest BCUT2D eigenvalue weighted by atomic mass is 10.1. The fourth-order valence-electron chi connectivity index (χ4n) is 2.42. The highest BCUT2D eigenvalue weighted by Crippen LogP contribution is 2.48. The van der Waals surface area contributed by atoms with Crippen molar-refractivity contribution in [3.05, 3.63) is 35.9 Å². The molecule has 2 unspecified atom stereocenters. The standard InChI is InChI=1S/C16H19NO/c1-3-10-17(11-4-2)16(18)15-12-14(15)13-8-6-5-7-9-13/h1,5-9,14-15H,4,10-12H2,2H3. The van der Waals surface area contributed by atoms with E-state index in [4.69, 9.17) is 6.42 Å². The van der Waals surface area contributed by atoms with Gasteiger partial charge in [-0.3, -0.25) is 4.79 Å². The molecule has 0 N–H and O–H groups in total. The van der Waals surface area contributed by atoms with Crippen molar-refractivity contribution in [3.8, 4) is 12.3 Å². The Morgan fingerprint density at radius 1 is 1.44 bits per heavy atom. The summed E-state index contributed by atoms with van der Waals surface area (Å²) in [6.45, 7) is 3.27. The second-order valence-electron chi connectivity index (χ2n) is 4.82. The Hall–Kier alpha value is -1.75. The molecule has 0 saturated heterocycles. The van der Waals surface area contributed by atoms with E-state index in [1.165, 1.54) is 5.56 Å². The fraction of sp³-hybridized carbons (Fsp3) is 0.438. The van der Waals surface area contributed by atoms with Crippen molar-refractivity contribution in [3.63, 3.8) is 0 Å². The third-order valence-electron chi connectivity index (χ3n) is 3.42. The lowest BCUT2D eigenvalue weighted by Crippen LogP contribution is -2.33. The van der Waals surface area contributed by atoms with Gasteiger partial charge in [-0.25, -0.2) is 0 Å². The molecule has 2 rings (SSSR count). The molecule has 1 aromatic rings. The van der Waals surface area contributed by atoms with Crippen molar-refractivity contribution < 1.29 is 4.79 Å². The molecule has 2 heteroatoms. The maximum Gasteiger partial charge on any atom is 0.227 e. The van der Waals surface area contributed by atoms with Crippen LogP contribution < -0.4 is 0 Å². The molecule has 0 spiro atoms. The first-order valence-electron chi connectivity index (χ1n) is 6.55. The van der Waals surface area contributed by atoms with Crippen LogP contribution in [0.4, 0.5) is 0 Å². The third-order valence-corrected chi connectivity index (χ3v) is 3.42. The molecule has 2 nitrogen and oxygen atoms in total. The van der Waals surface area contributed by atoms with E-state index in [1.807, 2.05) is 23.1 Å². The molecule has 18 heavy (non-hydrogen) atoms. The van der Waals surface area contributed by atoms with Gasteiger partial charge in [-0.2, -0.15) is 0 Å². The number of terminal acetylenes is 1. The molecule has 0 aromatic heterocycles. The molecule has 0 aliphatic heterocycles. The van der Waals surface area contributed by atoms with Crippen LogP contribution in [-0.4, -0.2) is 23.9 Å². The van der Waals surface area contributed by atoms with Crippen molar-refractivity contribution in [1.82, 2.24) is 4.90 Å². The largest absolute Gasteiger partial charge is 0.331 e. The number of amides is 1. The van der Waals surface area contributed by atoms with Gasteiger partial charge in [-0.1, -0.05) is 43.2 Å². The highest BCUT2D eigenvalue weighted by Gasteiger charge is 2.45. The van der Waals surface area contributed by atoms with Gasteiger partial charge in [-0.15, -0.1) is 6.42 Å². The summed E-state index contributed by atoms with van der Waals surface area (Å²) >= 11 is 0. The second kappa shape index (κ2) is 5.73. The highest BCUT2D eigenvalue weighted by atomic mass is 16.2. The minimum Gasteiger partial charge on any atom is -0.331 e. The van der Waals surface area contributed by atoms with Gasteiger partial charge in [0.15, 0.2) is 0 Å². The van der Waals surface area contributed by atoms with Gasteiger partial charge in [0.05, 0.1) is 6.54 Å². The van der Waals surface area contributed by atoms with Gasteiger partial charge in [0.1, 0.15) is 0 Å². The fourth-order valence-corrected chi connectivity index (χ4v) is 2.42. The van der Waals surface area contributed by atoms with Crippen molar-refractivity contribution in [1.29, 1.82) is 0 Å². The SMILES string of the molecule is C#CCN(CCC)C(=O)C1CC1c1ccccc1. The summed E-state index contributed by atoms with van der Waals surface area (Å²) < 4.78 is 0. The molecule has 1 aliphatic carbocycles. The summed E-state index contributed by atoms with van der Waals surface area (Å²) in [7, 11) is 0. The van der Waals surface area contributed by atoms with Crippen LogP contribution in [0.5, 0.6) is 0 Å². The zero-order valence-corrected chi connectivity index (χ0v) is 10.8. The van der Waals surface area contributed by atoms with E-state index < -0.39 is 0 Å². The molecule has 2 atom stereocenters. The predicted molar refractivity (Wildman–Crippen MR) is 73.0 cm³/mol. The first-order chi connectivity index (χ1) is 8.77. The van der Waals surface area contributed by atoms with Crippen LogP contribution in [0.15, 0.2) is 30.3 Å². The first-order valence-corrected chi connectivity index (χ1v) is 6.55. The number of carbonyl (C=O) groups is 1. The lowest BCUT2D eigenvalue weighted by Gasteiger charge is -2.19. The van der Waals surface area contributed by atoms with Gasteiger partial charge < -0.3 is 4.90 Å². The van der Waals surface area contributed by atoms with Crippen LogP contribution in [-0.2, 0) is 4.79 Å². The van der Waals surface area contributed by atoms with Crippen molar-refractivity contribution in [2.24, 2.45) is 5.92 Å². The number of hydrogen-bond acceptors (Lipinski definition) is 1. The quantitative estimate of drug-likeness (QED) is 0.726. The number of benzene rings is 1. The Morgan fingerprint density at radius 3 is 2.78 bits per heavy atom. The van der Waals surface area contributed by atoms with Crippen LogP contribution in [0.2, 0.25) is 0 Å². The van der Waals surface area contributed by atoms with E-state index >= 15 is 0 Å². The van der Waals surface area contributed by atoms with E-state index in [1.54, 1.807) is 0 Å². The van der Waals surface area contributed by atoms with Crippen LogP contribution in [0.25, 0.3) is 0 Å². The maximum absolute atomic E-state index is 12.3. The van der Waals surface area contributed by atoms with Gasteiger partial charge >= 0.3 is 0 Å². The summed E-state index contributed by atoms with van der Waals surface area (Å²) in [6, 6.07) is 10.3. The molecule has 1 fully saturated rings. The van der Waals surface area contributed by atoms with Crippen molar-refractivity contribution in [2.75, 3.05) is 13.1 Å². The molecule has 1 saturated carbocycles. The first kappa shape index (κ1) is 12.7. The summed E-state index contributed by atoms with van der Waals surface area (Å²) in [6.07, 6.45) is 7.24. The number of nitrogens with zero attached hydrogens (tertiary/aromatic N) is 1. The highest BCUT2D eigenvalue weighted by molar-refractivity contribution is 5.83. The van der Waals surface area contributed by atoms with Crippen molar-refractivity contribution in [2.45, 2.75) is 25.7 Å². The van der Waals surface area contributed by atoms with Crippen LogP contribution in [0, 0.1) is 18.3 Å². The Balaban J connectivity index is 1.98. The van der Waals surface area contributed by atoms with Gasteiger partial charge in [-0.05, 0) is 24.3 Å². The summed E-state index contributed by atoms with van der Waals surface area (Å²) in [5, 5.41) is 0. The summed E-state index contributed by atoms with van der Waals surface area (Å²) in [5.74, 6) is 3.35. The van der Waals surface area contributed by atoms with Crippen LogP contribution in [0.3, 0.4) is 0 Å². The Kier molecular flexibility index (Phi) is 4.04. The minimum atomic E-state index is 0.146. The van der Waals surface area contributed by atoms with Crippen LogP contribution in [0.1, 0.15) is 31.2 Å². The normalized spacial score (nSPS) is 21.1. The van der Waals surface area contributed by atoms with Crippen molar-refractivity contribution >= 4 is 5.91 Å². The van der Waals surface area contributed by atoms with Gasteiger partial charge in [0.2, 0.25) is 5.91 Å². The van der Waals surface area contributed by atoms with Gasteiger partial charge in [0.25, 0.3) is 0 Å². The lowest BCUT2D eigenvalue weighted by molar-refractivity contribution is -0.132. The second-order valence-corrected chi connectivity index (χ2v) is 4.82. The number of rotatable bonds is 5. The predicted octanol–water partition coefficient (Wildman–Crippen LogP) is 2.66. The topological polar surface area (TPSA) is 20.3 Å². The van der Waals surface area contributed by atoms with E-state index in [9.17, 15) is 4.79 Å². The van der Waals surface area contributed by atoms with E-state index in [0.717, 1.165) is 19.4 Å².